The number of benzene rings is 6. The van der Waals surface area contributed by atoms with Crippen molar-refractivity contribution in [3.05, 3.63) is 233 Å². The molecule has 0 radical (unpaired) electrons. The Labute approximate surface area is 597 Å². The highest BCUT2D eigenvalue weighted by atomic mass is 32.2. The van der Waals surface area contributed by atoms with Gasteiger partial charge in [-0.15, -0.1) is 0 Å². The Morgan fingerprint density at radius 2 is 1.03 bits per heavy atom. The molecular weight excluding hydrogens is 1280 g/mol. The number of carbonyl (C=O) groups excluding carboxylic acids is 2. The molecule has 8 aromatic rings. The van der Waals surface area contributed by atoms with Crippen molar-refractivity contribution < 1.29 is 77.6 Å². The molecule has 0 N–H and O–H groups in total. The molecular formula is C74H80F8N8O4S2. The Morgan fingerprint density at radius 3 is 1.52 bits per heavy atom. The van der Waals surface area contributed by atoms with E-state index in [4.69, 9.17) is 21.9 Å². The van der Waals surface area contributed by atoms with Crippen molar-refractivity contribution in [2.24, 2.45) is 5.89 Å². The monoisotopic (exact) mass is 1380 g/mol. The highest BCUT2D eigenvalue weighted by Gasteiger charge is 2.34. The topological polar surface area (TPSA) is 117 Å². The lowest BCUT2D eigenvalue weighted by Gasteiger charge is -2.28. The first kappa shape index (κ1) is 46.3. The summed E-state index contributed by atoms with van der Waals surface area (Å²) in [6.45, 7) is -4.24. The van der Waals surface area contributed by atoms with Gasteiger partial charge < -0.3 is 28.7 Å². The molecule has 0 fully saturated rings. The Kier molecular flexibility index (Phi) is 15.9. The zero-order chi connectivity index (χ0) is 90.2. The van der Waals surface area contributed by atoms with Gasteiger partial charge in [-0.05, 0) is 164 Å². The number of hydrogen-bond donors (Lipinski definition) is 0. The number of thioether (sulfide) groups is 2. The molecule has 0 saturated carbocycles. The predicted molar refractivity (Wildman–Crippen MR) is 362 cm³/mol. The van der Waals surface area contributed by atoms with Gasteiger partial charge in [0.05, 0.1) is 31.7 Å². The molecule has 12 nitrogen and oxygen atoms in total. The van der Waals surface area contributed by atoms with E-state index in [0.29, 0.717) is 58.1 Å². The van der Waals surface area contributed by atoms with E-state index in [1.54, 1.807) is 37.5 Å². The second kappa shape index (κ2) is 32.9. The van der Waals surface area contributed by atoms with Crippen LogP contribution in [0.3, 0.4) is 0 Å². The van der Waals surface area contributed by atoms with Crippen LogP contribution < -0.4 is 11.1 Å². The lowest BCUT2D eigenvalue weighted by molar-refractivity contribution is -0.138. The summed E-state index contributed by atoms with van der Waals surface area (Å²) < 4.78 is 324. The third-order valence-electron chi connectivity index (χ3n) is 15.1. The Hall–Kier alpha value is -7.92. The fraction of sp³-hybridized carbons (Fsp3) is 0.378. The highest BCUT2D eigenvalue weighted by Crippen LogP contribution is 2.36. The maximum atomic E-state index is 14.9. The molecule has 2 heterocycles. The van der Waals surface area contributed by atoms with E-state index in [2.05, 4.69) is 9.97 Å². The van der Waals surface area contributed by atoms with Crippen LogP contribution in [0.5, 0.6) is 0 Å². The van der Waals surface area contributed by atoms with Crippen LogP contribution in [-0.4, -0.2) is 103 Å². The number of carbonyl (C=O) groups is 2. The molecule has 96 heavy (non-hydrogen) atoms. The van der Waals surface area contributed by atoms with Crippen LogP contribution in [0.15, 0.2) is 159 Å². The summed E-state index contributed by atoms with van der Waals surface area (Å²) in [4.78, 5) is 68.8. The molecule has 2 amide bonds. The number of likely N-dealkylation sites (N-methyl/N-ethyl adjacent to an activating group) is 2. The maximum absolute atomic E-state index is 14.9. The van der Waals surface area contributed by atoms with E-state index in [9.17, 15) is 65.3 Å². The molecule has 0 aliphatic heterocycles. The quantitative estimate of drug-likeness (QED) is 0.0295. The van der Waals surface area contributed by atoms with E-state index in [1.165, 1.54) is 36.4 Å². The summed E-state index contributed by atoms with van der Waals surface area (Å²) in [5.41, 5.74) is -15.5. The second-order valence-corrected chi connectivity index (χ2v) is 23.0. The van der Waals surface area contributed by atoms with Crippen LogP contribution in [0.25, 0.3) is 22.3 Å². The summed E-state index contributed by atoms with van der Waals surface area (Å²) in [6.07, 6.45) is -15.6. The van der Waals surface area contributed by atoms with Crippen molar-refractivity contribution >= 4 is 35.3 Å². The third kappa shape index (κ3) is 19.0. The number of alkyl halides is 6. The molecule has 0 saturated heterocycles. The van der Waals surface area contributed by atoms with E-state index in [0.717, 1.165) is 74.5 Å². The van der Waals surface area contributed by atoms with Crippen LogP contribution in [0, 0.1) is 24.5 Å². The van der Waals surface area contributed by atoms with Gasteiger partial charge in [-0.2, -0.15) is 36.3 Å². The number of fused-ring (bicyclic) bond motifs is 2. The number of amides is 2. The van der Waals surface area contributed by atoms with Crippen LogP contribution >= 0.6 is 23.5 Å². The second-order valence-electron chi connectivity index (χ2n) is 21.4. The molecule has 1 atom stereocenters. The zero-order valence-corrected chi connectivity index (χ0v) is 54.2. The molecule has 0 bridgehead atoms. The van der Waals surface area contributed by atoms with Gasteiger partial charge in [-0.1, -0.05) is 155 Å². The Morgan fingerprint density at radius 1 is 0.573 bits per heavy atom. The van der Waals surface area contributed by atoms with Gasteiger partial charge in [0.1, 0.15) is 24.6 Å². The van der Waals surface area contributed by atoms with Gasteiger partial charge in [-0.25, -0.2) is 8.78 Å². The first-order valence-corrected chi connectivity index (χ1v) is 31.8. The van der Waals surface area contributed by atoms with Crippen molar-refractivity contribution in [1.29, 1.82) is 0 Å². The van der Waals surface area contributed by atoms with Crippen molar-refractivity contribution in [1.82, 2.24) is 38.7 Å². The minimum atomic E-state index is -5.16. The summed E-state index contributed by atoms with van der Waals surface area (Å²) in [5.74, 6) is -7.56. The molecule has 2 aromatic heterocycles. The van der Waals surface area contributed by atoms with Gasteiger partial charge in [0.25, 0.3) is 11.1 Å². The van der Waals surface area contributed by atoms with Crippen molar-refractivity contribution in [3.8, 4) is 22.3 Å². The lowest BCUT2D eigenvalue weighted by atomic mass is 9.98. The lowest BCUT2D eigenvalue weighted by Crippen LogP contribution is -2.40. The SMILES string of the molecule is [2H]C([2H])(Sc1nc(=O)c2c(n1C([2H])([2H])C(=O)N(CCN(CC)CC)C([2H])([2H])c1ccc(-c3ccc(C(F)(F)F)cc3)cc1)C([2H])([2H])C([2H])(C)C2([2H])[2H])c1ccc(F)cc1.[2H]c1c([2H])c(C([2H])([2H])N(CCN(CC)CC)C(=O)C([2H])([2H])n2c(SC([2H])([2H])c3ccc(F)cc3)nc(=O)c3c2CCC3)c([2H])c([2H])c1-c1c([2H])c([2H])c(C(F)(F)F)c(C)c1[2H]. The largest absolute Gasteiger partial charge is 0.416 e. The molecule has 508 valence electrons. The van der Waals surface area contributed by atoms with Crippen molar-refractivity contribution in [2.75, 3.05) is 52.4 Å². The average Bonchev–Trinajstić information content (AvgIpc) is 1.51. The van der Waals surface area contributed by atoms with Gasteiger partial charge in [-0.3, -0.25) is 19.2 Å². The van der Waals surface area contributed by atoms with Gasteiger partial charge in [0.15, 0.2) is 10.3 Å². The fourth-order valence-corrected chi connectivity index (χ4v) is 11.2. The fourth-order valence-electron chi connectivity index (χ4n) is 9.83. The van der Waals surface area contributed by atoms with Gasteiger partial charge in [0.2, 0.25) is 11.8 Å². The smallest absolute Gasteiger partial charge is 0.336 e. The summed E-state index contributed by atoms with van der Waals surface area (Å²) in [6, 6.07) is 9.52. The normalized spacial score (nSPS) is 20.0. The van der Waals surface area contributed by atoms with Crippen molar-refractivity contribution in [2.45, 2.75) is 134 Å². The number of halogens is 8. The Bertz CT molecular complexity index is 5300. The first-order chi connectivity index (χ1) is 55.2. The molecule has 6 aromatic carbocycles. The summed E-state index contributed by atoms with van der Waals surface area (Å²) in [7, 11) is 0. The molecule has 2 aliphatic rings. The average molecular weight is 1390 g/mol. The van der Waals surface area contributed by atoms with E-state index < -0.39 is 213 Å². The van der Waals surface area contributed by atoms with Crippen LogP contribution in [0.4, 0.5) is 35.1 Å². The predicted octanol–water partition coefficient (Wildman–Crippen LogP) is 15.0. The van der Waals surface area contributed by atoms with Crippen LogP contribution in [0.1, 0.15) is 135 Å². The molecule has 22 heteroatoms. The van der Waals surface area contributed by atoms with E-state index in [-0.39, 0.29) is 82.0 Å². The van der Waals surface area contributed by atoms with E-state index >= 15 is 0 Å². The summed E-state index contributed by atoms with van der Waals surface area (Å²) in [5, 5.41) is -1.57. The van der Waals surface area contributed by atoms with E-state index in [1.807, 2.05) is 0 Å². The molecule has 10 rings (SSSR count). The highest BCUT2D eigenvalue weighted by molar-refractivity contribution is 7.98. The number of aromatic nitrogens is 4. The van der Waals surface area contributed by atoms with Gasteiger partial charge in [0, 0.05) is 85.4 Å². The van der Waals surface area contributed by atoms with Crippen molar-refractivity contribution in [3.63, 3.8) is 0 Å². The first-order valence-electron chi connectivity index (χ1n) is 42.1. The summed E-state index contributed by atoms with van der Waals surface area (Å²) >= 11 is 0.283. The molecule has 1 unspecified atom stereocenters. The molecule has 0 spiro atoms. The van der Waals surface area contributed by atoms with Crippen LogP contribution in [-0.2, 0) is 84.9 Å². The number of rotatable bonds is 26. The standard InChI is InChI=1S/2C37H40F4N4O2S/c1-4-43(5-2)18-19-44(22-26-6-10-28(11-7-26)29-12-14-30(15-13-29)37(39,40)41)34(46)23-45-33-21-25(3)20-32(33)35(47)42-36(45)48-24-27-8-16-31(38)17-9-27;1-4-43(5-2)19-20-44(22-26-9-13-28(14-10-26)29-15-18-32(25(3)21-29)37(39,40)41)34(46)23-45-33-8-6-7-31(33)35(47)42-36(45)48-24-27-11-16-30(38)17-12-27/h6-17,25H,4-5,18-24H2,1-3H3;9-18,21H,4-8,19-20,22-24H2,1-3H3/i20D2,21D2,22D2,23D2,24D2,25D;9D,10D,13D,14D,15D,18D,21D,22D2,23D2,24D2. The number of hydrogen-bond acceptors (Lipinski definition) is 10. The number of nitrogens with zero attached hydrogens (tertiary/aromatic N) is 8. The van der Waals surface area contributed by atoms with Crippen LogP contribution in [0.2, 0.25) is 0 Å². The Balaban J connectivity index is 0.000000273. The maximum Gasteiger partial charge on any atom is 0.416 e. The zero-order valence-electron chi connectivity index (χ0n) is 76.6. The molecule has 2 aliphatic carbocycles. The minimum Gasteiger partial charge on any atom is -0.336 e. The van der Waals surface area contributed by atoms with Gasteiger partial charge >= 0.3 is 12.4 Å². The third-order valence-corrected chi connectivity index (χ3v) is 16.7. The minimum absolute atomic E-state index is 0.0125.